The Kier molecular flexibility index (Phi) is 4.95. The second kappa shape index (κ2) is 6.24. The molecule has 0 saturated carbocycles. The van der Waals surface area contributed by atoms with Gasteiger partial charge in [0.2, 0.25) is 5.91 Å². The predicted molar refractivity (Wildman–Crippen MR) is 74.5 cm³/mol. The van der Waals surface area contributed by atoms with Gasteiger partial charge in [0.15, 0.2) is 0 Å². The summed E-state index contributed by atoms with van der Waals surface area (Å²) >= 11 is 0. The largest absolute Gasteiger partial charge is 0.488 e. The van der Waals surface area contributed by atoms with Gasteiger partial charge in [-0.25, -0.2) is 0 Å². The van der Waals surface area contributed by atoms with E-state index in [9.17, 15) is 4.79 Å². The average molecular weight is 247 g/mol. The molecule has 0 atom stereocenters. The first-order chi connectivity index (χ1) is 8.37. The van der Waals surface area contributed by atoms with Crippen molar-refractivity contribution in [3.05, 3.63) is 35.9 Å². The molecule has 1 aromatic carbocycles. The molecule has 1 rings (SSSR count). The lowest BCUT2D eigenvalue weighted by Crippen LogP contribution is -2.22. The zero-order chi connectivity index (χ0) is 13.6. The van der Waals surface area contributed by atoms with Crippen LogP contribution in [0.2, 0.25) is 0 Å². The standard InChI is InChI=1S/C15H21NO2/c1-12(17)16-11-5-6-13-7-9-14(10-8-13)18-15(2,3)4/h5-10H,11H2,1-4H3,(H,16,17). The van der Waals surface area contributed by atoms with Gasteiger partial charge in [-0.15, -0.1) is 0 Å². The lowest BCUT2D eigenvalue weighted by molar-refractivity contribution is -0.118. The van der Waals surface area contributed by atoms with Crippen LogP contribution in [0.3, 0.4) is 0 Å². The van der Waals surface area contributed by atoms with Gasteiger partial charge in [-0.2, -0.15) is 0 Å². The molecule has 0 aliphatic rings. The van der Waals surface area contributed by atoms with Gasteiger partial charge in [-0.05, 0) is 38.5 Å². The van der Waals surface area contributed by atoms with Crippen LogP contribution in [0.5, 0.6) is 5.75 Å². The summed E-state index contributed by atoms with van der Waals surface area (Å²) in [6.07, 6.45) is 3.89. The van der Waals surface area contributed by atoms with Gasteiger partial charge in [0.05, 0.1) is 0 Å². The van der Waals surface area contributed by atoms with E-state index in [2.05, 4.69) is 5.32 Å². The lowest BCUT2D eigenvalue weighted by Gasteiger charge is -2.21. The Bertz CT molecular complexity index is 413. The van der Waals surface area contributed by atoms with E-state index < -0.39 is 0 Å². The third kappa shape index (κ3) is 6.09. The normalized spacial score (nSPS) is 11.6. The Hall–Kier alpha value is -1.77. The highest BCUT2D eigenvalue weighted by molar-refractivity contribution is 5.73. The molecule has 0 bridgehead atoms. The van der Waals surface area contributed by atoms with E-state index in [4.69, 9.17) is 4.74 Å². The second-order valence-electron chi connectivity index (χ2n) is 5.12. The average Bonchev–Trinajstić information content (AvgIpc) is 2.24. The van der Waals surface area contributed by atoms with Crippen molar-refractivity contribution in [3.63, 3.8) is 0 Å². The molecule has 0 aliphatic heterocycles. The van der Waals surface area contributed by atoms with Crippen LogP contribution in [0, 0.1) is 0 Å². The molecule has 1 amide bonds. The molecule has 98 valence electrons. The molecule has 0 fully saturated rings. The summed E-state index contributed by atoms with van der Waals surface area (Å²) in [6.45, 7) is 8.12. The van der Waals surface area contributed by atoms with E-state index in [0.29, 0.717) is 6.54 Å². The molecule has 3 heteroatoms. The number of carbonyl (C=O) groups is 1. The van der Waals surface area contributed by atoms with Crippen LogP contribution in [0.1, 0.15) is 33.3 Å². The predicted octanol–water partition coefficient (Wildman–Crippen LogP) is 3.01. The first-order valence-corrected chi connectivity index (χ1v) is 6.07. The molecule has 18 heavy (non-hydrogen) atoms. The van der Waals surface area contributed by atoms with Gasteiger partial charge in [0.1, 0.15) is 11.4 Å². The summed E-state index contributed by atoms with van der Waals surface area (Å²) < 4.78 is 5.73. The van der Waals surface area contributed by atoms with E-state index in [-0.39, 0.29) is 11.5 Å². The second-order valence-corrected chi connectivity index (χ2v) is 5.12. The molecule has 0 aliphatic carbocycles. The van der Waals surface area contributed by atoms with Gasteiger partial charge in [0.25, 0.3) is 0 Å². The number of nitrogens with one attached hydrogen (secondary N) is 1. The number of rotatable bonds is 4. The maximum atomic E-state index is 10.7. The summed E-state index contributed by atoms with van der Waals surface area (Å²) in [5.74, 6) is 0.843. The Morgan fingerprint density at radius 1 is 1.28 bits per heavy atom. The van der Waals surface area contributed by atoms with Gasteiger partial charge >= 0.3 is 0 Å². The van der Waals surface area contributed by atoms with Gasteiger partial charge in [-0.3, -0.25) is 4.79 Å². The fourth-order valence-electron chi connectivity index (χ4n) is 1.40. The highest BCUT2D eigenvalue weighted by Crippen LogP contribution is 2.18. The lowest BCUT2D eigenvalue weighted by atomic mass is 10.1. The first-order valence-electron chi connectivity index (χ1n) is 6.07. The molecule has 0 spiro atoms. The smallest absolute Gasteiger partial charge is 0.217 e. The Morgan fingerprint density at radius 3 is 2.39 bits per heavy atom. The number of amides is 1. The highest BCUT2D eigenvalue weighted by Gasteiger charge is 2.10. The molecule has 0 radical (unpaired) electrons. The van der Waals surface area contributed by atoms with Crippen molar-refractivity contribution in [3.8, 4) is 5.75 Å². The van der Waals surface area contributed by atoms with Crippen LogP contribution in [0.25, 0.3) is 6.08 Å². The van der Waals surface area contributed by atoms with Crippen LogP contribution in [0.15, 0.2) is 30.3 Å². The monoisotopic (exact) mass is 247 g/mol. The van der Waals surface area contributed by atoms with Crippen LogP contribution < -0.4 is 10.1 Å². The van der Waals surface area contributed by atoms with E-state index in [0.717, 1.165) is 11.3 Å². The minimum absolute atomic E-state index is 0.0198. The molecule has 0 saturated heterocycles. The summed E-state index contributed by atoms with van der Waals surface area (Å²) in [4.78, 5) is 10.7. The number of ether oxygens (including phenoxy) is 1. The topological polar surface area (TPSA) is 38.3 Å². The zero-order valence-corrected chi connectivity index (χ0v) is 11.5. The van der Waals surface area contributed by atoms with Crippen LogP contribution in [-0.2, 0) is 4.79 Å². The number of benzene rings is 1. The van der Waals surface area contributed by atoms with E-state index in [1.54, 1.807) is 0 Å². The van der Waals surface area contributed by atoms with Gasteiger partial charge in [-0.1, -0.05) is 24.3 Å². The van der Waals surface area contributed by atoms with Gasteiger partial charge in [0, 0.05) is 13.5 Å². The Balaban J connectivity index is 2.52. The molecule has 0 heterocycles. The number of hydrogen-bond donors (Lipinski definition) is 1. The van der Waals surface area contributed by atoms with Crippen molar-refractivity contribution >= 4 is 12.0 Å². The molecular formula is C15H21NO2. The van der Waals surface area contributed by atoms with E-state index in [1.807, 2.05) is 57.2 Å². The van der Waals surface area contributed by atoms with Crippen LogP contribution in [-0.4, -0.2) is 18.1 Å². The van der Waals surface area contributed by atoms with Crippen molar-refractivity contribution < 1.29 is 9.53 Å². The third-order valence-corrected chi connectivity index (χ3v) is 2.08. The maximum absolute atomic E-state index is 10.7. The van der Waals surface area contributed by atoms with Crippen LogP contribution >= 0.6 is 0 Å². The number of hydrogen-bond acceptors (Lipinski definition) is 2. The summed E-state index contributed by atoms with van der Waals surface area (Å²) in [7, 11) is 0. The quantitative estimate of drug-likeness (QED) is 0.888. The fraction of sp³-hybridized carbons (Fsp3) is 0.400. The zero-order valence-electron chi connectivity index (χ0n) is 11.5. The van der Waals surface area contributed by atoms with Crippen molar-refractivity contribution in [2.45, 2.75) is 33.3 Å². The Morgan fingerprint density at radius 2 is 1.89 bits per heavy atom. The summed E-state index contributed by atoms with van der Waals surface area (Å²) in [5, 5.41) is 2.71. The van der Waals surface area contributed by atoms with E-state index >= 15 is 0 Å². The fourth-order valence-corrected chi connectivity index (χ4v) is 1.40. The number of carbonyl (C=O) groups excluding carboxylic acids is 1. The molecule has 1 aromatic rings. The van der Waals surface area contributed by atoms with Crippen LogP contribution in [0.4, 0.5) is 0 Å². The molecule has 1 N–H and O–H groups in total. The molecule has 0 unspecified atom stereocenters. The summed E-state index contributed by atoms with van der Waals surface area (Å²) in [6, 6.07) is 7.88. The minimum Gasteiger partial charge on any atom is -0.488 e. The van der Waals surface area contributed by atoms with Crippen molar-refractivity contribution in [1.82, 2.24) is 5.32 Å². The molecule has 0 aromatic heterocycles. The summed E-state index contributed by atoms with van der Waals surface area (Å²) in [5.41, 5.74) is 0.907. The maximum Gasteiger partial charge on any atom is 0.217 e. The van der Waals surface area contributed by atoms with Crippen molar-refractivity contribution in [2.75, 3.05) is 6.54 Å². The minimum atomic E-state index is -0.178. The SMILES string of the molecule is CC(=O)NCC=Cc1ccc(OC(C)(C)C)cc1. The van der Waals surface area contributed by atoms with Crippen molar-refractivity contribution in [1.29, 1.82) is 0 Å². The Labute approximate surface area is 109 Å². The third-order valence-electron chi connectivity index (χ3n) is 2.08. The van der Waals surface area contributed by atoms with E-state index in [1.165, 1.54) is 6.92 Å². The molecular weight excluding hydrogens is 226 g/mol. The highest BCUT2D eigenvalue weighted by atomic mass is 16.5. The molecule has 3 nitrogen and oxygen atoms in total. The first kappa shape index (κ1) is 14.3. The van der Waals surface area contributed by atoms with Gasteiger partial charge < -0.3 is 10.1 Å². The van der Waals surface area contributed by atoms with Crippen molar-refractivity contribution in [2.24, 2.45) is 0 Å².